The lowest BCUT2D eigenvalue weighted by Crippen LogP contribution is -2.15. The molecule has 1 amide bonds. The summed E-state index contributed by atoms with van der Waals surface area (Å²) in [5.74, 6) is 0.443. The highest BCUT2D eigenvalue weighted by Gasteiger charge is 2.12. The summed E-state index contributed by atoms with van der Waals surface area (Å²) in [6.45, 7) is 2.79. The van der Waals surface area contributed by atoms with Gasteiger partial charge in [-0.05, 0) is 31.2 Å². The molecule has 3 aromatic rings. The first kappa shape index (κ1) is 12.4. The van der Waals surface area contributed by atoms with Crippen molar-refractivity contribution >= 4 is 22.9 Å². The van der Waals surface area contributed by atoms with Gasteiger partial charge in [0.25, 0.3) is 5.91 Å². The van der Waals surface area contributed by atoms with E-state index in [0.29, 0.717) is 11.5 Å². The van der Waals surface area contributed by atoms with Gasteiger partial charge in [0, 0.05) is 12.1 Å². The number of nitrogens with one attached hydrogen (secondary N) is 1. The third kappa shape index (κ3) is 2.16. The molecule has 1 N–H and O–H groups in total. The van der Waals surface area contributed by atoms with E-state index in [4.69, 9.17) is 0 Å². The van der Waals surface area contributed by atoms with Crippen molar-refractivity contribution in [3.63, 3.8) is 0 Å². The van der Waals surface area contributed by atoms with Crippen molar-refractivity contribution in [2.45, 2.75) is 13.5 Å². The van der Waals surface area contributed by atoms with E-state index in [1.54, 1.807) is 12.1 Å². The molecule has 0 fully saturated rings. The van der Waals surface area contributed by atoms with Crippen LogP contribution < -0.4 is 5.32 Å². The highest BCUT2D eigenvalue weighted by atomic mass is 16.1. The first-order chi connectivity index (χ1) is 9.79. The Balaban J connectivity index is 1.97. The van der Waals surface area contributed by atoms with Crippen LogP contribution in [-0.4, -0.2) is 15.5 Å². The second kappa shape index (κ2) is 5.17. The van der Waals surface area contributed by atoms with Crippen molar-refractivity contribution in [2.75, 3.05) is 5.32 Å². The lowest BCUT2D eigenvalue weighted by Gasteiger charge is -2.07. The molecule has 4 nitrogen and oxygen atoms in total. The average Bonchev–Trinajstić information content (AvgIpc) is 2.85. The molecule has 0 saturated carbocycles. The van der Waals surface area contributed by atoms with E-state index in [-0.39, 0.29) is 5.91 Å². The summed E-state index contributed by atoms with van der Waals surface area (Å²) >= 11 is 0. The maximum atomic E-state index is 12.2. The normalized spacial score (nSPS) is 10.7. The minimum Gasteiger partial charge on any atom is -0.310 e. The summed E-state index contributed by atoms with van der Waals surface area (Å²) in [6.07, 6.45) is 0. The van der Waals surface area contributed by atoms with Crippen LogP contribution in [0.3, 0.4) is 0 Å². The van der Waals surface area contributed by atoms with Gasteiger partial charge in [-0.25, -0.2) is 4.98 Å². The Kier molecular flexibility index (Phi) is 3.21. The SMILES string of the molecule is CCn1c(NC(=O)c2ccccc2)nc2ccccc21. The second-order valence-corrected chi connectivity index (χ2v) is 4.49. The fraction of sp³-hybridized carbons (Fsp3) is 0.125. The number of aromatic nitrogens is 2. The Bertz CT molecular complexity index is 747. The number of hydrogen-bond donors (Lipinski definition) is 1. The number of para-hydroxylation sites is 2. The fourth-order valence-corrected chi connectivity index (χ4v) is 2.25. The molecule has 0 aliphatic heterocycles. The molecule has 1 aromatic heterocycles. The van der Waals surface area contributed by atoms with Gasteiger partial charge in [0.1, 0.15) is 0 Å². The number of hydrogen-bond acceptors (Lipinski definition) is 2. The summed E-state index contributed by atoms with van der Waals surface area (Å²) in [7, 11) is 0. The molecule has 0 aliphatic rings. The van der Waals surface area contributed by atoms with Crippen LogP contribution in [-0.2, 0) is 6.54 Å². The van der Waals surface area contributed by atoms with E-state index in [2.05, 4.69) is 10.3 Å². The van der Waals surface area contributed by atoms with Crippen LogP contribution in [0.15, 0.2) is 54.6 Å². The lowest BCUT2D eigenvalue weighted by molar-refractivity contribution is 0.102. The number of rotatable bonds is 3. The lowest BCUT2D eigenvalue weighted by atomic mass is 10.2. The molecule has 4 heteroatoms. The van der Waals surface area contributed by atoms with Gasteiger partial charge in [-0.3, -0.25) is 10.1 Å². The highest BCUT2D eigenvalue weighted by molar-refractivity contribution is 6.04. The van der Waals surface area contributed by atoms with Gasteiger partial charge in [0.2, 0.25) is 5.95 Å². The Hall–Kier alpha value is -2.62. The first-order valence-electron chi connectivity index (χ1n) is 6.61. The minimum absolute atomic E-state index is 0.143. The first-order valence-corrected chi connectivity index (χ1v) is 6.61. The van der Waals surface area contributed by atoms with Crippen LogP contribution in [0, 0.1) is 0 Å². The summed E-state index contributed by atoms with van der Waals surface area (Å²) in [4.78, 5) is 16.7. The molecular formula is C16H15N3O. The Labute approximate surface area is 117 Å². The Morgan fingerprint density at radius 2 is 1.80 bits per heavy atom. The van der Waals surface area contributed by atoms with Crippen LogP contribution in [0.4, 0.5) is 5.95 Å². The maximum Gasteiger partial charge on any atom is 0.257 e. The molecule has 0 radical (unpaired) electrons. The van der Waals surface area contributed by atoms with Gasteiger partial charge in [-0.15, -0.1) is 0 Å². The van der Waals surface area contributed by atoms with E-state index < -0.39 is 0 Å². The number of nitrogens with zero attached hydrogens (tertiary/aromatic N) is 2. The third-order valence-electron chi connectivity index (χ3n) is 3.23. The van der Waals surface area contributed by atoms with E-state index in [1.807, 2.05) is 54.0 Å². The van der Waals surface area contributed by atoms with Crippen molar-refractivity contribution < 1.29 is 4.79 Å². The van der Waals surface area contributed by atoms with Crippen LogP contribution >= 0.6 is 0 Å². The standard InChI is InChI=1S/C16H15N3O/c1-2-19-14-11-7-6-10-13(14)17-16(19)18-15(20)12-8-4-3-5-9-12/h3-11H,2H2,1H3,(H,17,18,20). The number of benzene rings is 2. The molecule has 20 heavy (non-hydrogen) atoms. The zero-order valence-electron chi connectivity index (χ0n) is 11.2. The number of aryl methyl sites for hydroxylation is 1. The molecule has 100 valence electrons. The molecule has 0 atom stereocenters. The predicted octanol–water partition coefficient (Wildman–Crippen LogP) is 3.31. The monoisotopic (exact) mass is 265 g/mol. The molecule has 3 rings (SSSR count). The molecule has 0 bridgehead atoms. The van der Waals surface area contributed by atoms with Gasteiger partial charge in [-0.1, -0.05) is 30.3 Å². The minimum atomic E-state index is -0.143. The van der Waals surface area contributed by atoms with Crippen LogP contribution in [0.1, 0.15) is 17.3 Å². The highest BCUT2D eigenvalue weighted by Crippen LogP contribution is 2.19. The van der Waals surface area contributed by atoms with Crippen LogP contribution in [0.25, 0.3) is 11.0 Å². The second-order valence-electron chi connectivity index (χ2n) is 4.49. The number of fused-ring (bicyclic) bond motifs is 1. The molecule has 0 saturated heterocycles. The zero-order valence-corrected chi connectivity index (χ0v) is 11.2. The van der Waals surface area contributed by atoms with Crippen LogP contribution in [0.5, 0.6) is 0 Å². The zero-order chi connectivity index (χ0) is 13.9. The van der Waals surface area contributed by atoms with Gasteiger partial charge in [0.05, 0.1) is 11.0 Å². The predicted molar refractivity (Wildman–Crippen MR) is 79.8 cm³/mol. The van der Waals surface area contributed by atoms with E-state index in [0.717, 1.165) is 17.6 Å². The number of anilines is 1. The van der Waals surface area contributed by atoms with Gasteiger partial charge in [-0.2, -0.15) is 0 Å². The molecule has 0 unspecified atom stereocenters. The van der Waals surface area contributed by atoms with Gasteiger partial charge < -0.3 is 4.57 Å². The quantitative estimate of drug-likeness (QED) is 0.789. The fourth-order valence-electron chi connectivity index (χ4n) is 2.25. The van der Waals surface area contributed by atoms with Crippen molar-refractivity contribution in [1.29, 1.82) is 0 Å². The van der Waals surface area contributed by atoms with Crippen molar-refractivity contribution in [3.8, 4) is 0 Å². The summed E-state index contributed by atoms with van der Waals surface area (Å²) in [5, 5.41) is 2.88. The summed E-state index contributed by atoms with van der Waals surface area (Å²) in [6, 6.07) is 17.0. The number of amides is 1. The van der Waals surface area contributed by atoms with E-state index >= 15 is 0 Å². The summed E-state index contributed by atoms with van der Waals surface area (Å²) < 4.78 is 2.00. The molecule has 1 heterocycles. The number of carbonyl (C=O) groups excluding carboxylic acids is 1. The average molecular weight is 265 g/mol. The summed E-state index contributed by atoms with van der Waals surface area (Å²) in [5.41, 5.74) is 2.54. The third-order valence-corrected chi connectivity index (χ3v) is 3.23. The molecule has 0 spiro atoms. The Morgan fingerprint density at radius 3 is 2.55 bits per heavy atom. The van der Waals surface area contributed by atoms with Crippen molar-refractivity contribution in [3.05, 3.63) is 60.2 Å². The topological polar surface area (TPSA) is 46.9 Å². The number of imidazole rings is 1. The maximum absolute atomic E-state index is 12.2. The Morgan fingerprint density at radius 1 is 1.10 bits per heavy atom. The number of carbonyl (C=O) groups is 1. The van der Waals surface area contributed by atoms with Gasteiger partial charge in [0.15, 0.2) is 0 Å². The molecular weight excluding hydrogens is 250 g/mol. The largest absolute Gasteiger partial charge is 0.310 e. The van der Waals surface area contributed by atoms with Crippen LogP contribution in [0.2, 0.25) is 0 Å². The van der Waals surface area contributed by atoms with Gasteiger partial charge >= 0.3 is 0 Å². The molecule has 2 aromatic carbocycles. The molecule has 0 aliphatic carbocycles. The van der Waals surface area contributed by atoms with Crippen molar-refractivity contribution in [2.24, 2.45) is 0 Å². The van der Waals surface area contributed by atoms with E-state index in [1.165, 1.54) is 0 Å². The smallest absolute Gasteiger partial charge is 0.257 e. The van der Waals surface area contributed by atoms with Crippen molar-refractivity contribution in [1.82, 2.24) is 9.55 Å². The van der Waals surface area contributed by atoms with E-state index in [9.17, 15) is 4.79 Å².